The van der Waals surface area contributed by atoms with Crippen molar-refractivity contribution in [2.24, 2.45) is 0 Å². The highest BCUT2D eigenvalue weighted by atomic mass is 32.1. The minimum atomic E-state index is 0.476. The first-order chi connectivity index (χ1) is 10.2. The molecule has 4 aromatic rings. The summed E-state index contributed by atoms with van der Waals surface area (Å²) in [6, 6.07) is 5.97. The van der Waals surface area contributed by atoms with Crippen LogP contribution in [0.2, 0.25) is 0 Å². The number of rotatable bonds is 2. The Morgan fingerprint density at radius 1 is 1.33 bits per heavy atom. The van der Waals surface area contributed by atoms with Crippen LogP contribution in [0.15, 0.2) is 36.0 Å². The molecule has 0 radical (unpaired) electrons. The molecule has 0 amide bonds. The molecule has 0 bridgehead atoms. The number of fused-ring (bicyclic) bond motifs is 1. The molecule has 0 fully saturated rings. The van der Waals surface area contributed by atoms with Gasteiger partial charge in [0.1, 0.15) is 5.01 Å². The molecule has 0 aromatic carbocycles. The fourth-order valence-electron chi connectivity index (χ4n) is 2.38. The zero-order valence-electron chi connectivity index (χ0n) is 11.2. The standard InChI is InChI=1S/C14H12N6S/c1-8-12(13(15)19-18-8)10-7-21-14(17-10)9-6-16-20-5-3-2-4-11(9)20/h2-7H,1H3,(H3,15,18,19). The largest absolute Gasteiger partial charge is 0.382 e. The second-order valence-electron chi connectivity index (χ2n) is 4.74. The SMILES string of the molecule is Cc1[nH]nc(N)c1-c1csc(-c2cnn3ccccc23)n1. The van der Waals surface area contributed by atoms with Crippen molar-refractivity contribution in [1.82, 2.24) is 24.8 Å². The van der Waals surface area contributed by atoms with Gasteiger partial charge in [-0.3, -0.25) is 5.10 Å². The minimum absolute atomic E-state index is 0.476. The van der Waals surface area contributed by atoms with E-state index >= 15 is 0 Å². The second-order valence-corrected chi connectivity index (χ2v) is 5.59. The van der Waals surface area contributed by atoms with E-state index in [9.17, 15) is 0 Å². The Balaban J connectivity index is 1.85. The number of aryl methyl sites for hydroxylation is 1. The van der Waals surface area contributed by atoms with Gasteiger partial charge in [0.15, 0.2) is 5.82 Å². The predicted octanol–water partition coefficient (Wildman–Crippen LogP) is 2.74. The Bertz CT molecular complexity index is 912. The van der Waals surface area contributed by atoms with E-state index < -0.39 is 0 Å². The summed E-state index contributed by atoms with van der Waals surface area (Å²) in [4.78, 5) is 4.69. The molecule has 4 rings (SSSR count). The summed E-state index contributed by atoms with van der Waals surface area (Å²) >= 11 is 1.58. The molecule has 104 valence electrons. The monoisotopic (exact) mass is 296 g/mol. The number of H-pyrrole nitrogens is 1. The summed E-state index contributed by atoms with van der Waals surface area (Å²) in [6.45, 7) is 1.94. The van der Waals surface area contributed by atoms with Gasteiger partial charge in [0.25, 0.3) is 0 Å². The summed E-state index contributed by atoms with van der Waals surface area (Å²) in [5.41, 5.74) is 10.6. The topological polar surface area (TPSA) is 84.9 Å². The number of pyridine rings is 1. The molecule has 0 aliphatic heterocycles. The van der Waals surface area contributed by atoms with Crippen LogP contribution in [0.5, 0.6) is 0 Å². The van der Waals surface area contributed by atoms with Gasteiger partial charge in [-0.15, -0.1) is 11.3 Å². The molecule has 0 unspecified atom stereocenters. The number of nitrogens with one attached hydrogen (secondary N) is 1. The highest BCUT2D eigenvalue weighted by Gasteiger charge is 2.16. The van der Waals surface area contributed by atoms with E-state index in [1.54, 1.807) is 11.3 Å². The van der Waals surface area contributed by atoms with Crippen molar-refractivity contribution in [2.75, 3.05) is 5.73 Å². The lowest BCUT2D eigenvalue weighted by molar-refractivity contribution is 0.961. The van der Waals surface area contributed by atoms with Crippen molar-refractivity contribution < 1.29 is 0 Å². The average Bonchev–Trinajstić information content (AvgIpc) is 3.17. The molecule has 21 heavy (non-hydrogen) atoms. The molecule has 0 atom stereocenters. The van der Waals surface area contributed by atoms with Gasteiger partial charge in [0, 0.05) is 17.3 Å². The van der Waals surface area contributed by atoms with Gasteiger partial charge < -0.3 is 5.73 Å². The molecule has 4 aromatic heterocycles. The third-order valence-electron chi connectivity index (χ3n) is 3.39. The molecule has 0 saturated heterocycles. The maximum absolute atomic E-state index is 5.90. The van der Waals surface area contributed by atoms with Crippen LogP contribution in [0.3, 0.4) is 0 Å². The van der Waals surface area contributed by atoms with Gasteiger partial charge in [0.2, 0.25) is 0 Å². The number of nitrogen functional groups attached to an aromatic ring is 1. The quantitative estimate of drug-likeness (QED) is 0.595. The van der Waals surface area contributed by atoms with E-state index in [-0.39, 0.29) is 0 Å². The van der Waals surface area contributed by atoms with Crippen LogP contribution in [-0.2, 0) is 0 Å². The third-order valence-corrected chi connectivity index (χ3v) is 4.27. The number of hydrogen-bond acceptors (Lipinski definition) is 5. The summed E-state index contributed by atoms with van der Waals surface area (Å²) in [6.07, 6.45) is 3.76. The lowest BCUT2D eigenvalue weighted by Crippen LogP contribution is -1.88. The van der Waals surface area contributed by atoms with Crippen molar-refractivity contribution in [1.29, 1.82) is 0 Å². The van der Waals surface area contributed by atoms with Crippen LogP contribution in [0.4, 0.5) is 5.82 Å². The van der Waals surface area contributed by atoms with Crippen LogP contribution < -0.4 is 5.73 Å². The van der Waals surface area contributed by atoms with Gasteiger partial charge in [-0.2, -0.15) is 10.2 Å². The van der Waals surface area contributed by atoms with Gasteiger partial charge in [-0.25, -0.2) is 9.50 Å². The second kappa shape index (κ2) is 4.42. The first kappa shape index (κ1) is 12.1. The van der Waals surface area contributed by atoms with E-state index in [4.69, 9.17) is 10.7 Å². The van der Waals surface area contributed by atoms with E-state index in [1.165, 1.54) is 0 Å². The highest BCUT2D eigenvalue weighted by Crippen LogP contribution is 2.33. The zero-order chi connectivity index (χ0) is 14.4. The molecule has 3 N–H and O–H groups in total. The van der Waals surface area contributed by atoms with Crippen LogP contribution in [0, 0.1) is 6.92 Å². The molecule has 4 heterocycles. The average molecular weight is 296 g/mol. The molecular formula is C14H12N6S. The van der Waals surface area contributed by atoms with Gasteiger partial charge >= 0.3 is 0 Å². The Morgan fingerprint density at radius 3 is 3.05 bits per heavy atom. The molecular weight excluding hydrogens is 284 g/mol. The molecule has 7 heteroatoms. The summed E-state index contributed by atoms with van der Waals surface area (Å²) in [7, 11) is 0. The van der Waals surface area contributed by atoms with Crippen LogP contribution in [0.1, 0.15) is 5.69 Å². The van der Waals surface area contributed by atoms with Crippen LogP contribution in [-0.4, -0.2) is 24.8 Å². The smallest absolute Gasteiger partial charge is 0.154 e. The Labute approximate surface area is 124 Å². The lowest BCUT2D eigenvalue weighted by atomic mass is 10.2. The summed E-state index contributed by atoms with van der Waals surface area (Å²) < 4.78 is 1.84. The fourth-order valence-corrected chi connectivity index (χ4v) is 3.21. The van der Waals surface area contributed by atoms with Crippen molar-refractivity contribution in [3.8, 4) is 21.8 Å². The number of nitrogens with zero attached hydrogens (tertiary/aromatic N) is 4. The first-order valence-electron chi connectivity index (χ1n) is 6.43. The van der Waals surface area contributed by atoms with Crippen molar-refractivity contribution in [3.05, 3.63) is 41.7 Å². The Morgan fingerprint density at radius 2 is 2.24 bits per heavy atom. The van der Waals surface area contributed by atoms with Crippen LogP contribution >= 0.6 is 11.3 Å². The Hall–Kier alpha value is -2.67. The predicted molar refractivity (Wildman–Crippen MR) is 83.0 cm³/mol. The first-order valence-corrected chi connectivity index (χ1v) is 7.31. The minimum Gasteiger partial charge on any atom is -0.382 e. The van der Waals surface area contributed by atoms with Crippen molar-refractivity contribution in [2.45, 2.75) is 6.92 Å². The van der Waals surface area contributed by atoms with E-state index in [1.807, 2.05) is 47.4 Å². The maximum Gasteiger partial charge on any atom is 0.154 e. The zero-order valence-corrected chi connectivity index (χ0v) is 12.1. The molecule has 0 aliphatic carbocycles. The van der Waals surface area contributed by atoms with Gasteiger partial charge in [0.05, 0.1) is 28.5 Å². The maximum atomic E-state index is 5.90. The number of nitrogens with two attached hydrogens (primary N) is 1. The molecule has 0 aliphatic rings. The van der Waals surface area contributed by atoms with E-state index in [2.05, 4.69) is 15.3 Å². The highest BCUT2D eigenvalue weighted by molar-refractivity contribution is 7.13. The number of aromatic nitrogens is 5. The van der Waals surface area contributed by atoms with E-state index in [0.717, 1.165) is 33.0 Å². The molecule has 0 saturated carbocycles. The summed E-state index contributed by atoms with van der Waals surface area (Å²) in [5, 5.41) is 14.2. The van der Waals surface area contributed by atoms with Crippen molar-refractivity contribution in [3.63, 3.8) is 0 Å². The number of aromatic amines is 1. The lowest BCUT2D eigenvalue weighted by Gasteiger charge is -1.96. The van der Waals surface area contributed by atoms with Crippen LogP contribution in [0.25, 0.3) is 27.3 Å². The fraction of sp³-hybridized carbons (Fsp3) is 0.0714. The van der Waals surface area contributed by atoms with Gasteiger partial charge in [-0.05, 0) is 19.1 Å². The summed E-state index contributed by atoms with van der Waals surface area (Å²) in [5.74, 6) is 0.476. The normalized spacial score (nSPS) is 11.3. The van der Waals surface area contributed by atoms with E-state index in [0.29, 0.717) is 5.82 Å². The number of hydrogen-bond donors (Lipinski definition) is 2. The number of anilines is 1. The Kier molecular flexibility index (Phi) is 2.55. The third kappa shape index (κ3) is 1.82. The van der Waals surface area contributed by atoms with Crippen molar-refractivity contribution >= 4 is 22.7 Å². The number of thiazole rings is 1. The molecule has 6 nitrogen and oxygen atoms in total. The van der Waals surface area contributed by atoms with Gasteiger partial charge in [-0.1, -0.05) is 6.07 Å². The molecule has 0 spiro atoms.